The van der Waals surface area contributed by atoms with Crippen LogP contribution in [-0.2, 0) is 6.42 Å². The van der Waals surface area contributed by atoms with E-state index >= 15 is 0 Å². The summed E-state index contributed by atoms with van der Waals surface area (Å²) in [6.45, 7) is 4.05. The summed E-state index contributed by atoms with van der Waals surface area (Å²) < 4.78 is 1.79. The third-order valence-corrected chi connectivity index (χ3v) is 3.14. The van der Waals surface area contributed by atoms with Gasteiger partial charge in [0, 0.05) is 31.4 Å². The van der Waals surface area contributed by atoms with Gasteiger partial charge in [-0.3, -0.25) is 4.79 Å². The number of hydrogen-bond donors (Lipinski definition) is 0. The van der Waals surface area contributed by atoms with Crippen LogP contribution in [0.2, 0.25) is 0 Å². The zero-order valence-corrected chi connectivity index (χ0v) is 12.4. The van der Waals surface area contributed by atoms with E-state index in [2.05, 4.69) is 10.1 Å². The fourth-order valence-electron chi connectivity index (χ4n) is 2.04. The predicted octanol–water partition coefficient (Wildman–Crippen LogP) is 2.35. The van der Waals surface area contributed by atoms with Crippen LogP contribution in [0.4, 0.5) is 5.69 Å². The van der Waals surface area contributed by atoms with E-state index in [0.29, 0.717) is 11.4 Å². The molecule has 106 valence electrons. The summed E-state index contributed by atoms with van der Waals surface area (Å²) in [5, 5.41) is 4.15. The maximum absolute atomic E-state index is 12.4. The third-order valence-electron chi connectivity index (χ3n) is 3.14. The Hall–Kier alpha value is -2.17. The normalized spacial score (nSPS) is 10.8. The van der Waals surface area contributed by atoms with E-state index in [1.165, 1.54) is 6.33 Å². The molecule has 0 saturated carbocycles. The summed E-state index contributed by atoms with van der Waals surface area (Å²) in [7, 11) is 3.91. The first kappa shape index (κ1) is 14.2. The van der Waals surface area contributed by atoms with Crippen molar-refractivity contribution in [1.82, 2.24) is 14.8 Å². The molecule has 5 heteroatoms. The zero-order valence-electron chi connectivity index (χ0n) is 12.4. The Morgan fingerprint density at radius 1 is 1.35 bits per heavy atom. The molecule has 2 aromatic rings. The highest BCUT2D eigenvalue weighted by Crippen LogP contribution is 2.15. The van der Waals surface area contributed by atoms with E-state index in [1.54, 1.807) is 4.68 Å². The van der Waals surface area contributed by atoms with Crippen LogP contribution in [0.15, 0.2) is 30.6 Å². The second-order valence-electron chi connectivity index (χ2n) is 5.26. The first-order valence-corrected chi connectivity index (χ1v) is 6.68. The summed E-state index contributed by atoms with van der Waals surface area (Å²) in [6.07, 6.45) is 1.77. The average molecular weight is 272 g/mol. The first-order valence-electron chi connectivity index (χ1n) is 6.68. The first-order chi connectivity index (χ1) is 9.49. The minimum atomic E-state index is 0.0589. The molecule has 1 aromatic heterocycles. The summed E-state index contributed by atoms with van der Waals surface area (Å²) in [6, 6.07) is 7.82. The van der Waals surface area contributed by atoms with Gasteiger partial charge in [0.1, 0.15) is 12.2 Å². The maximum atomic E-state index is 12.4. The fraction of sp³-hybridized carbons (Fsp3) is 0.400. The molecule has 0 aliphatic rings. The molecule has 0 radical (unpaired) electrons. The molecule has 0 amide bonds. The number of anilines is 1. The van der Waals surface area contributed by atoms with E-state index in [1.807, 2.05) is 57.1 Å². The number of ketones is 1. The minimum absolute atomic E-state index is 0.0589. The number of Topliss-reactive ketones (excluding diaryl/α,β-unsaturated/α-hetero) is 1. The molecular weight excluding hydrogens is 252 g/mol. The van der Waals surface area contributed by atoms with Crippen molar-refractivity contribution in [3.05, 3.63) is 42.0 Å². The molecule has 1 aromatic carbocycles. The average Bonchev–Trinajstić information content (AvgIpc) is 2.87. The van der Waals surface area contributed by atoms with Crippen molar-refractivity contribution in [2.24, 2.45) is 0 Å². The molecule has 0 atom stereocenters. The summed E-state index contributed by atoms with van der Waals surface area (Å²) in [5.74, 6) is 0.767. The fourth-order valence-corrected chi connectivity index (χ4v) is 2.04. The number of hydrogen-bond acceptors (Lipinski definition) is 4. The quantitative estimate of drug-likeness (QED) is 0.784. The number of carbonyl (C=O) groups excluding carboxylic acids is 1. The Labute approximate surface area is 119 Å². The van der Waals surface area contributed by atoms with Crippen LogP contribution in [0.1, 0.15) is 36.1 Å². The summed E-state index contributed by atoms with van der Waals surface area (Å²) in [4.78, 5) is 18.5. The van der Waals surface area contributed by atoms with Crippen LogP contribution in [-0.4, -0.2) is 34.6 Å². The van der Waals surface area contributed by atoms with Gasteiger partial charge in [-0.25, -0.2) is 9.67 Å². The van der Waals surface area contributed by atoms with E-state index in [4.69, 9.17) is 0 Å². The Bertz CT molecular complexity index is 601. The second kappa shape index (κ2) is 5.86. The molecule has 0 saturated heterocycles. The van der Waals surface area contributed by atoms with Crippen LogP contribution in [0.25, 0.3) is 0 Å². The zero-order chi connectivity index (χ0) is 14.7. The van der Waals surface area contributed by atoms with E-state index in [9.17, 15) is 4.79 Å². The number of nitrogens with zero attached hydrogens (tertiary/aromatic N) is 4. The second-order valence-corrected chi connectivity index (χ2v) is 5.26. The number of benzene rings is 1. The van der Waals surface area contributed by atoms with Crippen molar-refractivity contribution < 1.29 is 4.79 Å². The lowest BCUT2D eigenvalue weighted by molar-refractivity contribution is 0.0989. The molecule has 0 unspecified atom stereocenters. The highest BCUT2D eigenvalue weighted by molar-refractivity contribution is 5.97. The molecule has 0 aliphatic carbocycles. The van der Waals surface area contributed by atoms with Gasteiger partial charge in [-0.2, -0.15) is 5.10 Å². The van der Waals surface area contributed by atoms with Gasteiger partial charge in [-0.05, 0) is 26.0 Å². The van der Waals surface area contributed by atoms with Crippen molar-refractivity contribution in [2.45, 2.75) is 26.3 Å². The Morgan fingerprint density at radius 2 is 2.10 bits per heavy atom. The monoisotopic (exact) mass is 272 g/mol. The molecular formula is C15H20N4O. The van der Waals surface area contributed by atoms with Gasteiger partial charge in [-0.15, -0.1) is 0 Å². The standard InChI is InChI=1S/C15H20N4O/c1-11(2)19-15(16-10-17-19)9-14(20)12-6-5-7-13(8-12)18(3)4/h5-8,10-11H,9H2,1-4H3. The lowest BCUT2D eigenvalue weighted by Crippen LogP contribution is -2.14. The van der Waals surface area contributed by atoms with Gasteiger partial charge >= 0.3 is 0 Å². The molecule has 5 nitrogen and oxygen atoms in total. The molecule has 2 rings (SSSR count). The molecule has 20 heavy (non-hydrogen) atoms. The van der Waals surface area contributed by atoms with E-state index in [-0.39, 0.29) is 18.2 Å². The highest BCUT2D eigenvalue weighted by Gasteiger charge is 2.14. The SMILES string of the molecule is CC(C)n1ncnc1CC(=O)c1cccc(N(C)C)c1. The van der Waals surface area contributed by atoms with Crippen molar-refractivity contribution in [3.63, 3.8) is 0 Å². The maximum Gasteiger partial charge on any atom is 0.170 e. The molecule has 1 heterocycles. The highest BCUT2D eigenvalue weighted by atomic mass is 16.1. The Kier molecular flexibility index (Phi) is 4.17. The largest absolute Gasteiger partial charge is 0.378 e. The van der Waals surface area contributed by atoms with E-state index in [0.717, 1.165) is 5.69 Å². The Morgan fingerprint density at radius 3 is 2.75 bits per heavy atom. The van der Waals surface area contributed by atoms with Crippen LogP contribution in [0.3, 0.4) is 0 Å². The van der Waals surface area contributed by atoms with Crippen molar-refractivity contribution in [2.75, 3.05) is 19.0 Å². The molecule has 0 N–H and O–H groups in total. The van der Waals surface area contributed by atoms with Gasteiger partial charge in [0.05, 0.1) is 6.42 Å². The molecule has 0 aliphatic heterocycles. The van der Waals surface area contributed by atoms with Crippen LogP contribution in [0.5, 0.6) is 0 Å². The van der Waals surface area contributed by atoms with Gasteiger partial charge in [0.2, 0.25) is 0 Å². The number of carbonyl (C=O) groups is 1. The molecule has 0 fully saturated rings. The lowest BCUT2D eigenvalue weighted by Gasteiger charge is -2.13. The van der Waals surface area contributed by atoms with Gasteiger partial charge in [0.25, 0.3) is 0 Å². The molecule has 0 bridgehead atoms. The lowest BCUT2D eigenvalue weighted by atomic mass is 10.1. The van der Waals surface area contributed by atoms with Crippen LogP contribution in [0, 0.1) is 0 Å². The Balaban J connectivity index is 2.20. The third kappa shape index (κ3) is 3.04. The molecule has 0 spiro atoms. The predicted molar refractivity (Wildman–Crippen MR) is 79.2 cm³/mol. The van der Waals surface area contributed by atoms with Crippen molar-refractivity contribution in [1.29, 1.82) is 0 Å². The van der Waals surface area contributed by atoms with Crippen LogP contribution < -0.4 is 4.90 Å². The van der Waals surface area contributed by atoms with Crippen molar-refractivity contribution in [3.8, 4) is 0 Å². The minimum Gasteiger partial charge on any atom is -0.378 e. The summed E-state index contributed by atoms with van der Waals surface area (Å²) >= 11 is 0. The van der Waals surface area contributed by atoms with Crippen LogP contribution >= 0.6 is 0 Å². The topological polar surface area (TPSA) is 51.0 Å². The van der Waals surface area contributed by atoms with Gasteiger partial charge in [-0.1, -0.05) is 12.1 Å². The smallest absolute Gasteiger partial charge is 0.170 e. The van der Waals surface area contributed by atoms with E-state index < -0.39 is 0 Å². The van der Waals surface area contributed by atoms with Gasteiger partial charge < -0.3 is 4.90 Å². The van der Waals surface area contributed by atoms with Gasteiger partial charge in [0.15, 0.2) is 5.78 Å². The van der Waals surface area contributed by atoms with Crippen molar-refractivity contribution >= 4 is 11.5 Å². The number of rotatable bonds is 5. The number of aromatic nitrogens is 3. The summed E-state index contributed by atoms with van der Waals surface area (Å²) in [5.41, 5.74) is 1.72.